The van der Waals surface area contributed by atoms with Gasteiger partial charge in [-0.3, -0.25) is 9.69 Å². The van der Waals surface area contributed by atoms with Crippen LogP contribution >= 0.6 is 0 Å². The molecule has 2 heterocycles. The first-order valence-electron chi connectivity index (χ1n) is 8.38. The molecule has 2 unspecified atom stereocenters. The van der Waals surface area contributed by atoms with Crippen LogP contribution in [0.15, 0.2) is 23.0 Å². The molecule has 1 aromatic heterocycles. The smallest absolute Gasteiger partial charge is 0.337 e. The Kier molecular flexibility index (Phi) is 4.66. The van der Waals surface area contributed by atoms with Crippen molar-refractivity contribution in [2.75, 3.05) is 13.7 Å². The number of H-pyrrole nitrogens is 1. The van der Waals surface area contributed by atoms with E-state index in [0.717, 1.165) is 13.0 Å². The molecule has 0 spiro atoms. The summed E-state index contributed by atoms with van der Waals surface area (Å²) in [7, 11) is 1.34. The third-order valence-corrected chi connectivity index (χ3v) is 4.95. The van der Waals surface area contributed by atoms with Gasteiger partial charge in [0.2, 0.25) is 0 Å². The molecule has 1 aliphatic rings. The number of esters is 1. The Labute approximate surface area is 140 Å². The molecule has 0 radical (unpaired) electrons. The summed E-state index contributed by atoms with van der Waals surface area (Å²) < 4.78 is 4.73. The predicted octanol–water partition coefficient (Wildman–Crippen LogP) is 2.33. The van der Waals surface area contributed by atoms with Gasteiger partial charge in [0, 0.05) is 6.04 Å². The van der Waals surface area contributed by atoms with Crippen molar-refractivity contribution >= 4 is 16.9 Å². The Morgan fingerprint density at radius 1 is 1.46 bits per heavy atom. The summed E-state index contributed by atoms with van der Waals surface area (Å²) in [4.78, 5) is 33.8. The van der Waals surface area contributed by atoms with Crippen LogP contribution in [0.1, 0.15) is 42.9 Å². The Balaban J connectivity index is 1.94. The van der Waals surface area contributed by atoms with Crippen molar-refractivity contribution in [3.05, 3.63) is 39.9 Å². The molecule has 6 heteroatoms. The minimum absolute atomic E-state index is 0.174. The quantitative estimate of drug-likeness (QED) is 0.871. The van der Waals surface area contributed by atoms with Gasteiger partial charge in [0.15, 0.2) is 0 Å². The van der Waals surface area contributed by atoms with E-state index in [4.69, 9.17) is 4.74 Å². The molecular weight excluding hydrogens is 306 g/mol. The van der Waals surface area contributed by atoms with E-state index in [1.807, 2.05) is 0 Å². The van der Waals surface area contributed by atoms with Crippen molar-refractivity contribution in [2.24, 2.45) is 5.92 Å². The molecule has 1 aliphatic heterocycles. The number of ether oxygens (including phenoxy) is 1. The fraction of sp³-hybridized carbons (Fsp3) is 0.500. The Hall–Kier alpha value is -2.21. The average molecular weight is 329 g/mol. The summed E-state index contributed by atoms with van der Waals surface area (Å²) in [6.45, 7) is 6.10. The number of hydrogen-bond donors (Lipinski definition) is 1. The van der Waals surface area contributed by atoms with Crippen LogP contribution in [0.4, 0.5) is 0 Å². The van der Waals surface area contributed by atoms with Gasteiger partial charge in [0.05, 0.1) is 30.1 Å². The SMILES string of the molecule is CCC1C(C)CCN1Cc1nc2cc(C(=O)OC)ccc2c(=O)[nH]1. The van der Waals surface area contributed by atoms with Gasteiger partial charge in [-0.1, -0.05) is 13.8 Å². The molecule has 128 valence electrons. The normalized spacial score (nSPS) is 21.3. The fourth-order valence-electron chi connectivity index (χ4n) is 3.64. The largest absolute Gasteiger partial charge is 0.465 e. The molecule has 2 aromatic rings. The summed E-state index contributed by atoms with van der Waals surface area (Å²) in [5.41, 5.74) is 0.749. The van der Waals surface area contributed by atoms with Gasteiger partial charge in [-0.2, -0.15) is 0 Å². The first-order chi connectivity index (χ1) is 11.5. The van der Waals surface area contributed by atoms with Crippen LogP contribution in [0.2, 0.25) is 0 Å². The van der Waals surface area contributed by atoms with Crippen LogP contribution < -0.4 is 5.56 Å². The summed E-state index contributed by atoms with van der Waals surface area (Å²) in [6, 6.07) is 5.33. The van der Waals surface area contributed by atoms with E-state index in [1.165, 1.54) is 13.5 Å². The van der Waals surface area contributed by atoms with Gasteiger partial charge in [-0.05, 0) is 43.5 Å². The van der Waals surface area contributed by atoms with Crippen molar-refractivity contribution < 1.29 is 9.53 Å². The molecule has 1 N–H and O–H groups in total. The first kappa shape index (κ1) is 16.6. The fourth-order valence-corrected chi connectivity index (χ4v) is 3.64. The molecule has 24 heavy (non-hydrogen) atoms. The van der Waals surface area contributed by atoms with E-state index in [-0.39, 0.29) is 5.56 Å². The first-order valence-corrected chi connectivity index (χ1v) is 8.38. The maximum absolute atomic E-state index is 12.3. The van der Waals surface area contributed by atoms with Gasteiger partial charge >= 0.3 is 5.97 Å². The molecule has 0 aliphatic carbocycles. The molecule has 3 rings (SSSR count). The third-order valence-electron chi connectivity index (χ3n) is 4.95. The number of aromatic amines is 1. The maximum atomic E-state index is 12.3. The number of rotatable bonds is 4. The van der Waals surface area contributed by atoms with E-state index in [0.29, 0.717) is 40.8 Å². The third kappa shape index (κ3) is 3.06. The molecule has 6 nitrogen and oxygen atoms in total. The molecule has 0 saturated carbocycles. The highest BCUT2D eigenvalue weighted by atomic mass is 16.5. The van der Waals surface area contributed by atoms with Crippen molar-refractivity contribution in [3.63, 3.8) is 0 Å². The lowest BCUT2D eigenvalue weighted by molar-refractivity contribution is 0.0601. The number of carbonyl (C=O) groups excluding carboxylic acids is 1. The van der Waals surface area contributed by atoms with E-state index in [1.54, 1.807) is 18.2 Å². The van der Waals surface area contributed by atoms with Crippen LogP contribution in [0.25, 0.3) is 10.9 Å². The Bertz CT molecular complexity index is 815. The summed E-state index contributed by atoms with van der Waals surface area (Å²) in [5, 5.41) is 0.480. The lowest BCUT2D eigenvalue weighted by Gasteiger charge is -2.25. The van der Waals surface area contributed by atoms with Crippen molar-refractivity contribution in [2.45, 2.75) is 39.3 Å². The van der Waals surface area contributed by atoms with E-state index in [9.17, 15) is 9.59 Å². The summed E-state index contributed by atoms with van der Waals surface area (Å²) in [6.07, 6.45) is 2.26. The highest BCUT2D eigenvalue weighted by Crippen LogP contribution is 2.27. The summed E-state index contributed by atoms with van der Waals surface area (Å²) in [5.74, 6) is 0.870. The second-order valence-corrected chi connectivity index (χ2v) is 6.45. The lowest BCUT2D eigenvalue weighted by Crippen LogP contribution is -2.32. The van der Waals surface area contributed by atoms with Crippen LogP contribution in [-0.4, -0.2) is 40.5 Å². The molecular formula is C18H23N3O3. The maximum Gasteiger partial charge on any atom is 0.337 e. The Morgan fingerprint density at radius 2 is 2.25 bits per heavy atom. The number of likely N-dealkylation sites (tertiary alicyclic amines) is 1. The minimum Gasteiger partial charge on any atom is -0.465 e. The molecule has 1 aromatic carbocycles. The van der Waals surface area contributed by atoms with Crippen LogP contribution in [0.3, 0.4) is 0 Å². The zero-order valence-corrected chi connectivity index (χ0v) is 14.3. The second kappa shape index (κ2) is 6.73. The summed E-state index contributed by atoms with van der Waals surface area (Å²) >= 11 is 0. The van der Waals surface area contributed by atoms with Gasteiger partial charge in [0.25, 0.3) is 5.56 Å². The number of carbonyl (C=O) groups is 1. The number of fused-ring (bicyclic) bond motifs is 1. The van der Waals surface area contributed by atoms with Crippen molar-refractivity contribution in [1.29, 1.82) is 0 Å². The van der Waals surface area contributed by atoms with E-state index >= 15 is 0 Å². The van der Waals surface area contributed by atoms with Gasteiger partial charge < -0.3 is 9.72 Å². The topological polar surface area (TPSA) is 75.3 Å². The number of aromatic nitrogens is 2. The molecule has 1 fully saturated rings. The van der Waals surface area contributed by atoms with Gasteiger partial charge in [-0.15, -0.1) is 0 Å². The van der Waals surface area contributed by atoms with Gasteiger partial charge in [-0.25, -0.2) is 9.78 Å². The highest BCUT2D eigenvalue weighted by Gasteiger charge is 2.29. The van der Waals surface area contributed by atoms with E-state index < -0.39 is 5.97 Å². The molecule has 0 amide bonds. The number of nitrogens with one attached hydrogen (secondary N) is 1. The average Bonchev–Trinajstić information content (AvgIpc) is 2.93. The monoisotopic (exact) mass is 329 g/mol. The van der Waals surface area contributed by atoms with Crippen molar-refractivity contribution in [3.8, 4) is 0 Å². The molecule has 0 bridgehead atoms. The lowest BCUT2D eigenvalue weighted by atomic mass is 10.0. The van der Waals surface area contributed by atoms with E-state index in [2.05, 4.69) is 28.7 Å². The van der Waals surface area contributed by atoms with Gasteiger partial charge in [0.1, 0.15) is 5.82 Å². The number of methoxy groups -OCH3 is 1. The highest BCUT2D eigenvalue weighted by molar-refractivity contribution is 5.93. The zero-order chi connectivity index (χ0) is 17.3. The standard InChI is InChI=1S/C18H23N3O3/c1-4-15-11(2)7-8-21(15)10-16-19-14-9-12(18(23)24-3)5-6-13(14)17(22)20-16/h5-6,9,11,15H,4,7-8,10H2,1-3H3,(H,19,20,22). The Morgan fingerprint density at radius 3 is 2.96 bits per heavy atom. The van der Waals surface area contributed by atoms with Crippen LogP contribution in [-0.2, 0) is 11.3 Å². The van der Waals surface area contributed by atoms with Crippen LogP contribution in [0.5, 0.6) is 0 Å². The number of hydrogen-bond acceptors (Lipinski definition) is 5. The molecule has 2 atom stereocenters. The van der Waals surface area contributed by atoms with Crippen LogP contribution in [0, 0.1) is 5.92 Å². The van der Waals surface area contributed by atoms with Crippen molar-refractivity contribution in [1.82, 2.24) is 14.9 Å². The zero-order valence-electron chi connectivity index (χ0n) is 14.3. The number of nitrogens with zero attached hydrogens (tertiary/aromatic N) is 2. The molecule has 1 saturated heterocycles. The second-order valence-electron chi connectivity index (χ2n) is 6.45. The minimum atomic E-state index is -0.431. The number of benzene rings is 1. The predicted molar refractivity (Wildman–Crippen MR) is 92.0 cm³/mol.